The van der Waals surface area contributed by atoms with Crippen LogP contribution in [-0.2, 0) is 0 Å². The second-order valence-corrected chi connectivity index (χ2v) is 4.16. The van der Waals surface area contributed by atoms with Crippen LogP contribution in [0.5, 0.6) is 0 Å². The van der Waals surface area contributed by atoms with Crippen molar-refractivity contribution in [3.05, 3.63) is 62.3 Å². The summed E-state index contributed by atoms with van der Waals surface area (Å²) in [6, 6.07) is 8.08. The van der Waals surface area contributed by atoms with Crippen molar-refractivity contribution in [1.29, 1.82) is 0 Å². The van der Waals surface area contributed by atoms with Crippen molar-refractivity contribution in [2.45, 2.75) is 6.04 Å². The van der Waals surface area contributed by atoms with E-state index in [0.717, 1.165) is 11.1 Å². The van der Waals surface area contributed by atoms with E-state index in [1.165, 1.54) is 12.1 Å². The Morgan fingerprint density at radius 3 is 2.38 bits per heavy atom. The van der Waals surface area contributed by atoms with Crippen LogP contribution >= 0.6 is 11.3 Å². The zero-order chi connectivity index (χ0) is 11.5. The molecule has 1 atom stereocenters. The lowest BCUT2D eigenvalue weighted by Crippen LogP contribution is -2.10. The summed E-state index contributed by atoms with van der Waals surface area (Å²) in [5.74, 6) is 0. The minimum atomic E-state index is -0.417. The minimum absolute atomic E-state index is 0.0845. The van der Waals surface area contributed by atoms with Gasteiger partial charge in [0.25, 0.3) is 5.69 Å². The van der Waals surface area contributed by atoms with Crippen molar-refractivity contribution in [2.24, 2.45) is 5.73 Å². The van der Waals surface area contributed by atoms with E-state index in [0.29, 0.717) is 0 Å². The van der Waals surface area contributed by atoms with Crippen molar-refractivity contribution in [1.82, 2.24) is 0 Å². The van der Waals surface area contributed by atoms with Crippen LogP contribution in [0, 0.1) is 10.1 Å². The van der Waals surface area contributed by atoms with Gasteiger partial charge in [-0.05, 0) is 28.0 Å². The number of benzene rings is 1. The maximum Gasteiger partial charge on any atom is 0.269 e. The lowest BCUT2D eigenvalue weighted by molar-refractivity contribution is -0.384. The first kappa shape index (κ1) is 10.8. The number of non-ortho nitro benzene ring substituents is 1. The van der Waals surface area contributed by atoms with Crippen molar-refractivity contribution in [3.8, 4) is 0 Å². The summed E-state index contributed by atoms with van der Waals surface area (Å²) in [5, 5.41) is 14.4. The molecule has 0 bridgehead atoms. The highest BCUT2D eigenvalue weighted by Crippen LogP contribution is 2.23. The van der Waals surface area contributed by atoms with Gasteiger partial charge < -0.3 is 5.73 Å². The van der Waals surface area contributed by atoms with Gasteiger partial charge in [-0.3, -0.25) is 10.1 Å². The first-order chi connectivity index (χ1) is 7.68. The molecule has 2 rings (SSSR count). The third kappa shape index (κ3) is 2.10. The third-order valence-electron chi connectivity index (χ3n) is 2.37. The Labute approximate surface area is 96.5 Å². The largest absolute Gasteiger partial charge is 0.320 e. The molecule has 2 aromatic rings. The van der Waals surface area contributed by atoms with E-state index in [9.17, 15) is 10.1 Å². The zero-order valence-electron chi connectivity index (χ0n) is 8.37. The molecule has 0 aliphatic heterocycles. The molecule has 1 aromatic heterocycles. The average molecular weight is 234 g/mol. The summed E-state index contributed by atoms with van der Waals surface area (Å²) < 4.78 is 0. The second-order valence-electron chi connectivity index (χ2n) is 3.38. The smallest absolute Gasteiger partial charge is 0.269 e. The predicted octanol–water partition coefficient (Wildman–Crippen LogP) is 2.70. The van der Waals surface area contributed by atoms with Gasteiger partial charge in [0.05, 0.1) is 11.0 Å². The van der Waals surface area contributed by atoms with Gasteiger partial charge in [0, 0.05) is 12.1 Å². The second kappa shape index (κ2) is 4.42. The molecule has 16 heavy (non-hydrogen) atoms. The molecular formula is C11H10N2O2S. The molecular weight excluding hydrogens is 224 g/mol. The molecule has 82 valence electrons. The highest BCUT2D eigenvalue weighted by Gasteiger charge is 2.11. The van der Waals surface area contributed by atoms with E-state index in [2.05, 4.69) is 0 Å². The number of nitro benzene ring substituents is 1. The van der Waals surface area contributed by atoms with Gasteiger partial charge >= 0.3 is 0 Å². The summed E-state index contributed by atoms with van der Waals surface area (Å²) in [7, 11) is 0. The minimum Gasteiger partial charge on any atom is -0.320 e. The Morgan fingerprint density at radius 2 is 1.88 bits per heavy atom. The van der Waals surface area contributed by atoms with Gasteiger partial charge in [0.2, 0.25) is 0 Å². The molecule has 0 spiro atoms. The summed E-state index contributed by atoms with van der Waals surface area (Å²) in [6.45, 7) is 0. The molecule has 0 fully saturated rings. The maximum absolute atomic E-state index is 10.5. The fourth-order valence-electron chi connectivity index (χ4n) is 1.45. The van der Waals surface area contributed by atoms with E-state index in [1.807, 2.05) is 16.8 Å². The molecule has 4 nitrogen and oxygen atoms in total. The monoisotopic (exact) mass is 234 g/mol. The molecule has 0 saturated heterocycles. The summed E-state index contributed by atoms with van der Waals surface area (Å²) in [4.78, 5) is 10.1. The maximum atomic E-state index is 10.5. The lowest BCUT2D eigenvalue weighted by atomic mass is 10.0. The predicted molar refractivity (Wildman–Crippen MR) is 63.4 cm³/mol. The SMILES string of the molecule is N[C@H](c1ccc([N+](=O)[O-])cc1)c1ccsc1. The van der Waals surface area contributed by atoms with Gasteiger partial charge in [-0.25, -0.2) is 0 Å². The number of nitro groups is 1. The fourth-order valence-corrected chi connectivity index (χ4v) is 2.14. The molecule has 0 aliphatic carbocycles. The molecule has 0 radical (unpaired) electrons. The Bertz CT molecular complexity index is 479. The molecule has 0 aliphatic rings. The number of hydrogen-bond acceptors (Lipinski definition) is 4. The van der Waals surface area contributed by atoms with E-state index in [4.69, 9.17) is 5.73 Å². The van der Waals surface area contributed by atoms with Crippen LogP contribution in [0.25, 0.3) is 0 Å². The van der Waals surface area contributed by atoms with Crippen LogP contribution in [0.1, 0.15) is 17.2 Å². The van der Waals surface area contributed by atoms with E-state index in [-0.39, 0.29) is 11.7 Å². The zero-order valence-corrected chi connectivity index (χ0v) is 9.18. The van der Waals surface area contributed by atoms with Crippen LogP contribution in [0.4, 0.5) is 5.69 Å². The highest BCUT2D eigenvalue weighted by molar-refractivity contribution is 7.08. The van der Waals surface area contributed by atoms with Gasteiger partial charge in [0.15, 0.2) is 0 Å². The number of rotatable bonds is 3. The van der Waals surface area contributed by atoms with Gasteiger partial charge in [0.1, 0.15) is 0 Å². The molecule has 0 amide bonds. The molecule has 0 unspecified atom stereocenters. The van der Waals surface area contributed by atoms with E-state index in [1.54, 1.807) is 23.5 Å². The van der Waals surface area contributed by atoms with Crippen LogP contribution in [-0.4, -0.2) is 4.92 Å². The molecule has 1 heterocycles. The fraction of sp³-hybridized carbons (Fsp3) is 0.0909. The first-order valence-electron chi connectivity index (χ1n) is 4.70. The Morgan fingerprint density at radius 1 is 1.19 bits per heavy atom. The van der Waals surface area contributed by atoms with Crippen LogP contribution < -0.4 is 5.73 Å². The Kier molecular flexibility index (Phi) is 2.98. The lowest BCUT2D eigenvalue weighted by Gasteiger charge is -2.09. The van der Waals surface area contributed by atoms with Crippen LogP contribution in [0.2, 0.25) is 0 Å². The average Bonchev–Trinajstić information content (AvgIpc) is 2.81. The Balaban J connectivity index is 2.25. The number of hydrogen-bond donors (Lipinski definition) is 1. The number of thiophene rings is 1. The van der Waals surface area contributed by atoms with Crippen molar-refractivity contribution >= 4 is 17.0 Å². The molecule has 1 aromatic carbocycles. The highest BCUT2D eigenvalue weighted by atomic mass is 32.1. The van der Waals surface area contributed by atoms with Crippen molar-refractivity contribution in [3.63, 3.8) is 0 Å². The Hall–Kier alpha value is -1.72. The quantitative estimate of drug-likeness (QED) is 0.655. The molecule has 5 heteroatoms. The van der Waals surface area contributed by atoms with Gasteiger partial charge in [-0.15, -0.1) is 0 Å². The van der Waals surface area contributed by atoms with Crippen LogP contribution in [0.3, 0.4) is 0 Å². The topological polar surface area (TPSA) is 69.2 Å². The third-order valence-corrected chi connectivity index (χ3v) is 3.07. The summed E-state index contributed by atoms with van der Waals surface area (Å²) in [5.41, 5.74) is 8.01. The molecule has 2 N–H and O–H groups in total. The number of nitrogens with zero attached hydrogens (tertiary/aromatic N) is 1. The molecule has 0 saturated carbocycles. The normalized spacial score (nSPS) is 12.3. The first-order valence-corrected chi connectivity index (χ1v) is 5.65. The summed E-state index contributed by atoms with van der Waals surface area (Å²) >= 11 is 1.58. The van der Waals surface area contributed by atoms with Gasteiger partial charge in [-0.1, -0.05) is 12.1 Å². The van der Waals surface area contributed by atoms with Crippen molar-refractivity contribution < 1.29 is 4.92 Å². The van der Waals surface area contributed by atoms with Crippen molar-refractivity contribution in [2.75, 3.05) is 0 Å². The van der Waals surface area contributed by atoms with E-state index >= 15 is 0 Å². The number of nitrogens with two attached hydrogens (primary N) is 1. The summed E-state index contributed by atoms with van der Waals surface area (Å²) in [6.07, 6.45) is 0. The van der Waals surface area contributed by atoms with Crippen LogP contribution in [0.15, 0.2) is 41.1 Å². The standard InChI is InChI=1S/C11H10N2O2S/c12-11(9-5-6-16-7-9)8-1-3-10(4-2-8)13(14)15/h1-7,11H,12H2/t11-/m1/s1. The van der Waals surface area contributed by atoms with E-state index < -0.39 is 4.92 Å². The van der Waals surface area contributed by atoms with Gasteiger partial charge in [-0.2, -0.15) is 11.3 Å².